The topological polar surface area (TPSA) is 55.8 Å². The van der Waals surface area contributed by atoms with Gasteiger partial charge in [0.25, 0.3) is 0 Å². The van der Waals surface area contributed by atoms with Crippen LogP contribution in [0.2, 0.25) is 0 Å². The van der Waals surface area contributed by atoms with Gasteiger partial charge in [0, 0.05) is 24.7 Å². The molecule has 1 rings (SSSR count). The lowest BCUT2D eigenvalue weighted by molar-refractivity contribution is 0.138. The lowest BCUT2D eigenvalue weighted by Gasteiger charge is -2.18. The molecule has 0 aromatic heterocycles. The molecule has 0 saturated heterocycles. The number of ether oxygens (including phenoxy) is 2. The van der Waals surface area contributed by atoms with Gasteiger partial charge in [-0.25, -0.2) is 8.42 Å². The Bertz CT molecular complexity index is 518. The summed E-state index contributed by atoms with van der Waals surface area (Å²) < 4.78 is 37.1. The average molecular weight is 352 g/mol. The van der Waals surface area contributed by atoms with Crippen molar-refractivity contribution in [3.63, 3.8) is 0 Å². The van der Waals surface area contributed by atoms with E-state index in [1.54, 1.807) is 12.1 Å². The Morgan fingerprint density at radius 1 is 1.37 bits per heavy atom. The van der Waals surface area contributed by atoms with Gasteiger partial charge in [-0.2, -0.15) is 4.31 Å². The molecule has 5 nitrogen and oxygen atoms in total. The first kappa shape index (κ1) is 16.4. The van der Waals surface area contributed by atoms with Gasteiger partial charge in [-0.05, 0) is 25.1 Å². The molecule has 0 spiro atoms. The van der Waals surface area contributed by atoms with Gasteiger partial charge in [0.1, 0.15) is 10.6 Å². The number of methoxy groups -OCH3 is 1. The number of hydrogen-bond donors (Lipinski definition) is 0. The fourth-order valence-electron chi connectivity index (χ4n) is 1.48. The van der Waals surface area contributed by atoms with E-state index >= 15 is 0 Å². The number of rotatable bonds is 7. The minimum Gasteiger partial charge on any atom is -0.495 e. The monoisotopic (exact) mass is 351 g/mol. The molecule has 108 valence electrons. The molecule has 0 amide bonds. The van der Waals surface area contributed by atoms with E-state index in [2.05, 4.69) is 15.9 Å². The Labute approximate surface area is 122 Å². The molecule has 0 heterocycles. The van der Waals surface area contributed by atoms with Gasteiger partial charge >= 0.3 is 0 Å². The smallest absolute Gasteiger partial charge is 0.246 e. The van der Waals surface area contributed by atoms with Crippen LogP contribution in [-0.4, -0.2) is 46.6 Å². The van der Waals surface area contributed by atoms with Crippen molar-refractivity contribution in [3.8, 4) is 5.75 Å². The minimum atomic E-state index is -3.59. The number of sulfonamides is 1. The molecule has 0 aliphatic rings. The van der Waals surface area contributed by atoms with Gasteiger partial charge in [-0.1, -0.05) is 15.9 Å². The minimum absolute atomic E-state index is 0.142. The van der Waals surface area contributed by atoms with Crippen LogP contribution in [-0.2, 0) is 14.8 Å². The lowest BCUT2D eigenvalue weighted by atomic mass is 10.3. The van der Waals surface area contributed by atoms with Crippen molar-refractivity contribution in [3.05, 3.63) is 22.7 Å². The van der Waals surface area contributed by atoms with Crippen molar-refractivity contribution in [2.45, 2.75) is 11.8 Å². The summed E-state index contributed by atoms with van der Waals surface area (Å²) >= 11 is 3.27. The van der Waals surface area contributed by atoms with E-state index in [0.717, 1.165) is 0 Å². The highest BCUT2D eigenvalue weighted by molar-refractivity contribution is 9.10. The first-order chi connectivity index (χ1) is 8.93. The van der Waals surface area contributed by atoms with Crippen molar-refractivity contribution in [1.82, 2.24) is 4.31 Å². The van der Waals surface area contributed by atoms with Crippen LogP contribution >= 0.6 is 15.9 Å². The number of likely N-dealkylation sites (N-methyl/N-ethyl adjacent to an activating group) is 1. The second-order valence-corrected chi connectivity index (χ2v) is 6.75. The number of hydrogen-bond acceptors (Lipinski definition) is 4. The SMILES string of the molecule is CCOCCN(C)S(=O)(=O)c1cc(Br)ccc1OC. The van der Waals surface area contributed by atoms with E-state index in [1.807, 2.05) is 6.92 Å². The van der Waals surface area contributed by atoms with Crippen molar-refractivity contribution in [1.29, 1.82) is 0 Å². The fraction of sp³-hybridized carbons (Fsp3) is 0.500. The first-order valence-corrected chi connectivity index (χ1v) is 8.04. The Morgan fingerprint density at radius 2 is 2.05 bits per heavy atom. The van der Waals surface area contributed by atoms with Crippen molar-refractivity contribution < 1.29 is 17.9 Å². The molecule has 1 aromatic carbocycles. The quantitative estimate of drug-likeness (QED) is 0.706. The maximum atomic E-state index is 12.4. The molecule has 0 aliphatic carbocycles. The van der Waals surface area contributed by atoms with E-state index in [9.17, 15) is 8.42 Å². The third-order valence-corrected chi connectivity index (χ3v) is 4.94. The summed E-state index contributed by atoms with van der Waals surface area (Å²) in [5.74, 6) is 0.325. The molecular weight excluding hydrogens is 334 g/mol. The molecular formula is C12H18BrNO4S. The van der Waals surface area contributed by atoms with Crippen LogP contribution in [0.15, 0.2) is 27.6 Å². The molecule has 0 fully saturated rings. The van der Waals surface area contributed by atoms with Gasteiger partial charge in [0.05, 0.1) is 13.7 Å². The van der Waals surface area contributed by atoms with Crippen LogP contribution in [0.4, 0.5) is 0 Å². The highest BCUT2D eigenvalue weighted by atomic mass is 79.9. The molecule has 0 bridgehead atoms. The Morgan fingerprint density at radius 3 is 2.63 bits per heavy atom. The summed E-state index contributed by atoms with van der Waals surface area (Å²) in [5, 5.41) is 0. The van der Waals surface area contributed by atoms with Crippen LogP contribution in [0.1, 0.15) is 6.92 Å². The van der Waals surface area contributed by atoms with Crippen LogP contribution in [0.5, 0.6) is 5.75 Å². The van der Waals surface area contributed by atoms with E-state index in [0.29, 0.717) is 30.0 Å². The van der Waals surface area contributed by atoms with Crippen molar-refractivity contribution in [2.75, 3.05) is 33.9 Å². The second kappa shape index (κ2) is 7.23. The third kappa shape index (κ3) is 4.17. The van der Waals surface area contributed by atoms with Crippen LogP contribution < -0.4 is 4.74 Å². The molecule has 0 unspecified atom stereocenters. The van der Waals surface area contributed by atoms with Gasteiger partial charge in [-0.3, -0.25) is 0 Å². The summed E-state index contributed by atoms with van der Waals surface area (Å²) in [6, 6.07) is 4.89. The predicted octanol–water partition coefficient (Wildman–Crippen LogP) is 2.11. The maximum absolute atomic E-state index is 12.4. The van der Waals surface area contributed by atoms with Gasteiger partial charge in [-0.15, -0.1) is 0 Å². The van der Waals surface area contributed by atoms with Crippen LogP contribution in [0.25, 0.3) is 0 Å². The van der Waals surface area contributed by atoms with Crippen LogP contribution in [0.3, 0.4) is 0 Å². The summed E-state index contributed by atoms with van der Waals surface area (Å²) in [4.78, 5) is 0.142. The molecule has 1 aromatic rings. The van der Waals surface area contributed by atoms with Gasteiger partial charge in [0.15, 0.2) is 0 Å². The van der Waals surface area contributed by atoms with E-state index in [4.69, 9.17) is 9.47 Å². The first-order valence-electron chi connectivity index (χ1n) is 5.81. The summed E-state index contributed by atoms with van der Waals surface area (Å²) in [5.41, 5.74) is 0. The predicted molar refractivity (Wildman–Crippen MR) is 77.0 cm³/mol. The molecule has 7 heteroatoms. The van der Waals surface area contributed by atoms with E-state index in [-0.39, 0.29) is 4.90 Å². The molecule has 0 atom stereocenters. The van der Waals surface area contributed by atoms with Gasteiger partial charge < -0.3 is 9.47 Å². The maximum Gasteiger partial charge on any atom is 0.246 e. The molecule has 19 heavy (non-hydrogen) atoms. The summed E-state index contributed by atoms with van der Waals surface area (Å²) in [7, 11) is -0.617. The van der Waals surface area contributed by atoms with Crippen LogP contribution in [0, 0.1) is 0 Å². The highest BCUT2D eigenvalue weighted by Crippen LogP contribution is 2.29. The number of benzene rings is 1. The molecule has 0 saturated carbocycles. The average Bonchev–Trinajstić information content (AvgIpc) is 2.38. The lowest BCUT2D eigenvalue weighted by Crippen LogP contribution is -2.30. The van der Waals surface area contributed by atoms with E-state index < -0.39 is 10.0 Å². The number of halogens is 1. The zero-order chi connectivity index (χ0) is 14.5. The van der Waals surface area contributed by atoms with Gasteiger partial charge in [0.2, 0.25) is 10.0 Å². The Hall–Kier alpha value is -0.630. The highest BCUT2D eigenvalue weighted by Gasteiger charge is 2.24. The normalized spacial score (nSPS) is 11.8. The van der Waals surface area contributed by atoms with E-state index in [1.165, 1.54) is 24.5 Å². The largest absolute Gasteiger partial charge is 0.495 e. The molecule has 0 N–H and O–H groups in total. The summed E-state index contributed by atoms with van der Waals surface area (Å²) in [6.45, 7) is 3.09. The number of nitrogens with zero attached hydrogens (tertiary/aromatic N) is 1. The van der Waals surface area contributed by atoms with Crippen molar-refractivity contribution >= 4 is 26.0 Å². The Kier molecular flexibility index (Phi) is 6.25. The Balaban J connectivity index is 3.02. The molecule has 0 aliphatic heterocycles. The summed E-state index contributed by atoms with van der Waals surface area (Å²) in [6.07, 6.45) is 0. The second-order valence-electron chi connectivity index (χ2n) is 3.82. The van der Waals surface area contributed by atoms with Crippen molar-refractivity contribution in [2.24, 2.45) is 0 Å². The zero-order valence-electron chi connectivity index (χ0n) is 11.2. The third-order valence-electron chi connectivity index (χ3n) is 2.57. The molecule has 0 radical (unpaired) electrons. The fourth-order valence-corrected chi connectivity index (χ4v) is 3.32. The standard InChI is InChI=1S/C12H18BrNO4S/c1-4-18-8-7-14(2)19(15,16)12-9-10(13)5-6-11(12)17-3/h5-6,9H,4,7-8H2,1-3H3. The zero-order valence-corrected chi connectivity index (χ0v) is 13.6.